The minimum Gasteiger partial charge on any atom is -0.355 e. The van der Waals surface area contributed by atoms with Crippen LogP contribution in [0.5, 0.6) is 0 Å². The maximum atomic E-state index is 11.6. The molecular weight excluding hydrogens is 254 g/mol. The molecule has 0 bridgehead atoms. The molecule has 0 saturated carbocycles. The molecule has 0 fully saturated rings. The number of thiol groups is 1. The molecule has 1 unspecified atom stereocenters. The maximum absolute atomic E-state index is 11.6. The second kappa shape index (κ2) is 6.92. The smallest absolute Gasteiger partial charge is 0.233 e. The molecule has 1 N–H and O–H groups in total. The average molecular weight is 272 g/mol. The standard InChI is InChI=1S/C13H18ClNOS/c1-9(2)12(17)13(16)15-8-7-10-3-5-11(14)6-4-10/h3-6,9,12,17H,7-8H2,1-2H3,(H,15,16). The Morgan fingerprint density at radius 2 is 1.94 bits per heavy atom. The highest BCUT2D eigenvalue weighted by Crippen LogP contribution is 2.10. The zero-order chi connectivity index (χ0) is 12.8. The maximum Gasteiger partial charge on any atom is 0.233 e. The summed E-state index contributed by atoms with van der Waals surface area (Å²) in [5.74, 6) is 0.242. The van der Waals surface area contributed by atoms with Gasteiger partial charge in [0.1, 0.15) is 0 Å². The first-order valence-electron chi connectivity index (χ1n) is 5.71. The van der Waals surface area contributed by atoms with Gasteiger partial charge in [-0.25, -0.2) is 0 Å². The summed E-state index contributed by atoms with van der Waals surface area (Å²) >= 11 is 10.1. The first-order valence-corrected chi connectivity index (χ1v) is 6.60. The number of hydrogen-bond acceptors (Lipinski definition) is 2. The highest BCUT2D eigenvalue weighted by Gasteiger charge is 2.16. The second-order valence-electron chi connectivity index (χ2n) is 4.36. The molecule has 0 heterocycles. The predicted octanol–water partition coefficient (Wildman–Crippen LogP) is 2.95. The van der Waals surface area contributed by atoms with E-state index in [4.69, 9.17) is 11.6 Å². The number of nitrogens with one attached hydrogen (secondary N) is 1. The number of benzene rings is 1. The van der Waals surface area contributed by atoms with E-state index in [0.717, 1.165) is 17.0 Å². The summed E-state index contributed by atoms with van der Waals surface area (Å²) in [4.78, 5) is 11.6. The third-order valence-electron chi connectivity index (χ3n) is 2.53. The van der Waals surface area contributed by atoms with Gasteiger partial charge in [-0.15, -0.1) is 0 Å². The van der Waals surface area contributed by atoms with Gasteiger partial charge in [0.15, 0.2) is 0 Å². The molecule has 1 aromatic carbocycles. The van der Waals surface area contributed by atoms with Crippen molar-refractivity contribution < 1.29 is 4.79 Å². The molecule has 0 radical (unpaired) electrons. The van der Waals surface area contributed by atoms with Crippen LogP contribution in [-0.4, -0.2) is 17.7 Å². The number of hydrogen-bond donors (Lipinski definition) is 2. The first kappa shape index (κ1) is 14.4. The Morgan fingerprint density at radius 1 is 1.35 bits per heavy atom. The summed E-state index contributed by atoms with van der Waals surface area (Å²) in [6.45, 7) is 4.59. The Balaban J connectivity index is 2.33. The summed E-state index contributed by atoms with van der Waals surface area (Å²) in [5, 5.41) is 3.37. The molecule has 1 atom stereocenters. The SMILES string of the molecule is CC(C)C(S)C(=O)NCCc1ccc(Cl)cc1. The molecule has 1 amide bonds. The predicted molar refractivity (Wildman–Crippen MR) is 75.8 cm³/mol. The third-order valence-corrected chi connectivity index (χ3v) is 3.61. The van der Waals surface area contributed by atoms with Crippen molar-refractivity contribution in [3.05, 3.63) is 34.9 Å². The van der Waals surface area contributed by atoms with Crippen LogP contribution in [0.1, 0.15) is 19.4 Å². The van der Waals surface area contributed by atoms with Gasteiger partial charge in [0.2, 0.25) is 5.91 Å². The molecule has 0 aliphatic heterocycles. The van der Waals surface area contributed by atoms with E-state index in [0.29, 0.717) is 6.54 Å². The van der Waals surface area contributed by atoms with Crippen molar-refractivity contribution in [2.75, 3.05) is 6.54 Å². The van der Waals surface area contributed by atoms with Crippen molar-refractivity contribution in [2.45, 2.75) is 25.5 Å². The van der Waals surface area contributed by atoms with Crippen molar-refractivity contribution in [3.8, 4) is 0 Å². The van der Waals surface area contributed by atoms with Crippen LogP contribution >= 0.6 is 24.2 Å². The fourth-order valence-corrected chi connectivity index (χ4v) is 1.61. The lowest BCUT2D eigenvalue weighted by Gasteiger charge is -2.14. The van der Waals surface area contributed by atoms with Crippen molar-refractivity contribution >= 4 is 30.1 Å². The molecule has 0 saturated heterocycles. The zero-order valence-corrected chi connectivity index (χ0v) is 11.8. The van der Waals surface area contributed by atoms with Gasteiger partial charge in [0, 0.05) is 11.6 Å². The highest BCUT2D eigenvalue weighted by atomic mass is 35.5. The Hall–Kier alpha value is -0.670. The van der Waals surface area contributed by atoms with Crippen LogP contribution in [-0.2, 0) is 11.2 Å². The van der Waals surface area contributed by atoms with Crippen LogP contribution in [0.3, 0.4) is 0 Å². The molecule has 17 heavy (non-hydrogen) atoms. The molecule has 0 aliphatic carbocycles. The van der Waals surface area contributed by atoms with E-state index in [2.05, 4.69) is 17.9 Å². The number of halogens is 1. The Labute approximate surface area is 113 Å². The van der Waals surface area contributed by atoms with E-state index >= 15 is 0 Å². The molecule has 0 aromatic heterocycles. The van der Waals surface area contributed by atoms with Gasteiger partial charge in [-0.1, -0.05) is 37.6 Å². The van der Waals surface area contributed by atoms with E-state index in [1.807, 2.05) is 38.1 Å². The van der Waals surface area contributed by atoms with Crippen LogP contribution in [0.4, 0.5) is 0 Å². The van der Waals surface area contributed by atoms with E-state index in [1.54, 1.807) is 0 Å². The van der Waals surface area contributed by atoms with E-state index < -0.39 is 0 Å². The van der Waals surface area contributed by atoms with Gasteiger partial charge in [0.05, 0.1) is 5.25 Å². The summed E-state index contributed by atoms with van der Waals surface area (Å²) < 4.78 is 0. The minimum atomic E-state index is -0.236. The summed E-state index contributed by atoms with van der Waals surface area (Å²) in [5.41, 5.74) is 1.16. The molecule has 94 valence electrons. The lowest BCUT2D eigenvalue weighted by molar-refractivity contribution is -0.121. The Morgan fingerprint density at radius 3 is 2.47 bits per heavy atom. The van der Waals surface area contributed by atoms with Crippen LogP contribution in [0.15, 0.2) is 24.3 Å². The molecule has 1 aromatic rings. The molecule has 2 nitrogen and oxygen atoms in total. The topological polar surface area (TPSA) is 29.1 Å². The van der Waals surface area contributed by atoms with E-state index in [9.17, 15) is 4.79 Å². The van der Waals surface area contributed by atoms with Crippen molar-refractivity contribution in [3.63, 3.8) is 0 Å². The molecule has 4 heteroatoms. The van der Waals surface area contributed by atoms with Crippen molar-refractivity contribution in [2.24, 2.45) is 5.92 Å². The van der Waals surface area contributed by atoms with E-state index in [1.165, 1.54) is 0 Å². The normalized spacial score (nSPS) is 12.5. The largest absolute Gasteiger partial charge is 0.355 e. The fourth-order valence-electron chi connectivity index (χ4n) is 1.39. The lowest BCUT2D eigenvalue weighted by atomic mass is 10.1. The molecule has 0 spiro atoms. The van der Waals surface area contributed by atoms with Crippen molar-refractivity contribution in [1.29, 1.82) is 0 Å². The quantitative estimate of drug-likeness (QED) is 0.792. The van der Waals surface area contributed by atoms with Gasteiger partial charge in [-0.2, -0.15) is 12.6 Å². The van der Waals surface area contributed by atoms with Gasteiger partial charge in [-0.3, -0.25) is 4.79 Å². The Bertz CT molecular complexity index is 364. The minimum absolute atomic E-state index is 0.00250. The number of carbonyl (C=O) groups is 1. The zero-order valence-electron chi connectivity index (χ0n) is 10.1. The summed E-state index contributed by atoms with van der Waals surface area (Å²) in [7, 11) is 0. The third kappa shape index (κ3) is 5.00. The van der Waals surface area contributed by atoms with E-state index in [-0.39, 0.29) is 17.1 Å². The number of rotatable bonds is 5. The van der Waals surface area contributed by atoms with Crippen LogP contribution in [0, 0.1) is 5.92 Å². The number of carbonyl (C=O) groups excluding carboxylic acids is 1. The van der Waals surface area contributed by atoms with Gasteiger partial charge in [-0.05, 0) is 30.0 Å². The Kier molecular flexibility index (Phi) is 5.86. The molecular formula is C13H18ClNOS. The molecule has 1 rings (SSSR count). The van der Waals surface area contributed by atoms with Crippen molar-refractivity contribution in [1.82, 2.24) is 5.32 Å². The summed E-state index contributed by atoms with van der Waals surface area (Å²) in [6.07, 6.45) is 0.807. The highest BCUT2D eigenvalue weighted by molar-refractivity contribution is 7.81. The first-order chi connectivity index (χ1) is 8.00. The fraction of sp³-hybridized carbons (Fsp3) is 0.462. The average Bonchev–Trinajstić information content (AvgIpc) is 2.30. The monoisotopic (exact) mass is 271 g/mol. The van der Waals surface area contributed by atoms with Crippen LogP contribution < -0.4 is 5.32 Å². The van der Waals surface area contributed by atoms with Gasteiger partial charge in [0.25, 0.3) is 0 Å². The number of amides is 1. The summed E-state index contributed by atoms with van der Waals surface area (Å²) in [6, 6.07) is 7.65. The van der Waals surface area contributed by atoms with Crippen LogP contribution in [0.2, 0.25) is 5.02 Å². The van der Waals surface area contributed by atoms with Gasteiger partial charge >= 0.3 is 0 Å². The van der Waals surface area contributed by atoms with Crippen LogP contribution in [0.25, 0.3) is 0 Å². The second-order valence-corrected chi connectivity index (χ2v) is 5.35. The molecule has 0 aliphatic rings. The van der Waals surface area contributed by atoms with Gasteiger partial charge < -0.3 is 5.32 Å². The lowest BCUT2D eigenvalue weighted by Crippen LogP contribution is -2.35.